The van der Waals surface area contributed by atoms with Gasteiger partial charge in [0.1, 0.15) is 5.82 Å². The highest BCUT2D eigenvalue weighted by Gasteiger charge is 2.29. The first kappa shape index (κ1) is 14.3. The fourth-order valence-corrected chi connectivity index (χ4v) is 2.72. The summed E-state index contributed by atoms with van der Waals surface area (Å²) in [7, 11) is 0. The van der Waals surface area contributed by atoms with Crippen LogP contribution in [0.25, 0.3) is 0 Å². The zero-order valence-corrected chi connectivity index (χ0v) is 12.2. The van der Waals surface area contributed by atoms with E-state index in [-0.39, 0.29) is 0 Å². The highest BCUT2D eigenvalue weighted by molar-refractivity contribution is 5.42. The molecule has 0 aliphatic carbocycles. The molecule has 0 saturated carbocycles. The Balaban J connectivity index is 2.14. The van der Waals surface area contributed by atoms with Gasteiger partial charge in [0.05, 0.1) is 5.60 Å². The topological polar surface area (TPSA) is 48.4 Å². The lowest BCUT2D eigenvalue weighted by atomic mass is 9.95. The molecule has 2 atom stereocenters. The highest BCUT2D eigenvalue weighted by atomic mass is 16.3. The molecular weight excluding hydrogens is 238 g/mol. The van der Waals surface area contributed by atoms with Crippen molar-refractivity contribution in [2.45, 2.75) is 45.3 Å². The van der Waals surface area contributed by atoms with Crippen LogP contribution in [-0.4, -0.2) is 35.3 Å². The number of rotatable bonds is 4. The van der Waals surface area contributed by atoms with E-state index in [1.165, 1.54) is 5.56 Å². The maximum atomic E-state index is 10.2. The Morgan fingerprint density at radius 3 is 3.05 bits per heavy atom. The number of aromatic nitrogens is 1. The molecule has 0 radical (unpaired) electrons. The molecule has 0 amide bonds. The normalized spacial score (nSPS) is 25.4. The summed E-state index contributed by atoms with van der Waals surface area (Å²) in [5, 5.41) is 13.6. The van der Waals surface area contributed by atoms with Gasteiger partial charge in [-0.2, -0.15) is 0 Å². The van der Waals surface area contributed by atoms with Crippen LogP contribution in [0, 0.1) is 0 Å². The number of aliphatic hydroxyl groups is 1. The molecule has 1 aromatic heterocycles. The van der Waals surface area contributed by atoms with Crippen molar-refractivity contribution in [2.75, 3.05) is 24.5 Å². The zero-order chi connectivity index (χ0) is 13.9. The van der Waals surface area contributed by atoms with Gasteiger partial charge in [-0.05, 0) is 50.9 Å². The third-order valence-electron chi connectivity index (χ3n) is 3.78. The molecule has 1 saturated heterocycles. The van der Waals surface area contributed by atoms with Gasteiger partial charge in [-0.15, -0.1) is 0 Å². The maximum absolute atomic E-state index is 10.2. The number of pyridine rings is 1. The fraction of sp³-hybridized carbons (Fsp3) is 0.667. The first-order valence-electron chi connectivity index (χ1n) is 7.18. The van der Waals surface area contributed by atoms with E-state index in [1.54, 1.807) is 0 Å². The molecule has 1 fully saturated rings. The van der Waals surface area contributed by atoms with Crippen molar-refractivity contribution in [3.8, 4) is 0 Å². The van der Waals surface area contributed by atoms with Crippen LogP contribution in [0.2, 0.25) is 0 Å². The van der Waals surface area contributed by atoms with E-state index in [2.05, 4.69) is 41.2 Å². The summed E-state index contributed by atoms with van der Waals surface area (Å²) >= 11 is 0. The Morgan fingerprint density at radius 1 is 1.58 bits per heavy atom. The second-order valence-corrected chi connectivity index (χ2v) is 5.75. The summed E-state index contributed by atoms with van der Waals surface area (Å²) in [6, 6.07) is 4.52. The minimum absolute atomic E-state index is 0.331. The minimum atomic E-state index is -0.594. The Kier molecular flexibility index (Phi) is 4.42. The zero-order valence-electron chi connectivity index (χ0n) is 12.2. The van der Waals surface area contributed by atoms with Crippen molar-refractivity contribution >= 4 is 5.82 Å². The first-order chi connectivity index (χ1) is 9.02. The van der Waals surface area contributed by atoms with E-state index in [9.17, 15) is 5.11 Å². The molecule has 1 aliphatic rings. The number of piperidine rings is 1. The van der Waals surface area contributed by atoms with E-state index >= 15 is 0 Å². The molecule has 0 spiro atoms. The fourth-order valence-electron chi connectivity index (χ4n) is 2.72. The van der Waals surface area contributed by atoms with Crippen molar-refractivity contribution in [3.05, 3.63) is 23.9 Å². The summed E-state index contributed by atoms with van der Waals surface area (Å²) < 4.78 is 0. The lowest BCUT2D eigenvalue weighted by Crippen LogP contribution is -2.46. The van der Waals surface area contributed by atoms with Crippen LogP contribution >= 0.6 is 0 Å². The molecule has 106 valence electrons. The van der Waals surface area contributed by atoms with E-state index in [0.29, 0.717) is 12.6 Å². The Hall–Kier alpha value is -1.13. The van der Waals surface area contributed by atoms with Crippen LogP contribution < -0.4 is 10.2 Å². The van der Waals surface area contributed by atoms with Gasteiger partial charge in [-0.25, -0.2) is 4.98 Å². The van der Waals surface area contributed by atoms with Gasteiger partial charge < -0.3 is 15.3 Å². The average molecular weight is 263 g/mol. The summed E-state index contributed by atoms with van der Waals surface area (Å²) in [5.74, 6) is 0.974. The minimum Gasteiger partial charge on any atom is -0.388 e. The largest absolute Gasteiger partial charge is 0.388 e. The lowest BCUT2D eigenvalue weighted by molar-refractivity contribution is 0.0447. The van der Waals surface area contributed by atoms with Crippen LogP contribution in [0.1, 0.15) is 45.2 Å². The Labute approximate surface area is 115 Å². The van der Waals surface area contributed by atoms with Gasteiger partial charge in [0.2, 0.25) is 0 Å². The molecule has 2 unspecified atom stereocenters. The summed E-state index contributed by atoms with van der Waals surface area (Å²) in [6.07, 6.45) is 3.75. The maximum Gasteiger partial charge on any atom is 0.128 e. The smallest absolute Gasteiger partial charge is 0.128 e. The molecule has 4 heteroatoms. The third-order valence-corrected chi connectivity index (χ3v) is 3.78. The van der Waals surface area contributed by atoms with Gasteiger partial charge in [0.25, 0.3) is 0 Å². The summed E-state index contributed by atoms with van der Waals surface area (Å²) in [4.78, 5) is 6.64. The van der Waals surface area contributed by atoms with E-state index in [4.69, 9.17) is 0 Å². The molecule has 19 heavy (non-hydrogen) atoms. The van der Waals surface area contributed by atoms with E-state index in [1.807, 2.05) is 13.1 Å². The van der Waals surface area contributed by atoms with Gasteiger partial charge in [-0.3, -0.25) is 0 Å². The molecule has 1 aromatic rings. The SMILES string of the molecule is CCNC(C)c1ccnc(N2CCCC(C)(O)C2)c1. The van der Waals surface area contributed by atoms with Crippen molar-refractivity contribution in [3.63, 3.8) is 0 Å². The lowest BCUT2D eigenvalue weighted by Gasteiger charge is -2.37. The molecule has 0 aromatic carbocycles. The van der Waals surface area contributed by atoms with Crippen LogP contribution in [0.3, 0.4) is 0 Å². The van der Waals surface area contributed by atoms with Gasteiger partial charge in [0.15, 0.2) is 0 Å². The van der Waals surface area contributed by atoms with Crippen LogP contribution in [0.4, 0.5) is 5.82 Å². The van der Waals surface area contributed by atoms with E-state index < -0.39 is 5.60 Å². The average Bonchev–Trinajstić information content (AvgIpc) is 2.38. The van der Waals surface area contributed by atoms with Crippen LogP contribution in [0.5, 0.6) is 0 Å². The predicted octanol–water partition coefficient (Wildman–Crippen LogP) is 2.10. The molecule has 2 N–H and O–H groups in total. The van der Waals surface area contributed by atoms with Crippen LogP contribution in [-0.2, 0) is 0 Å². The monoisotopic (exact) mass is 263 g/mol. The van der Waals surface area contributed by atoms with Crippen LogP contribution in [0.15, 0.2) is 18.3 Å². The number of nitrogens with zero attached hydrogens (tertiary/aromatic N) is 2. The third kappa shape index (κ3) is 3.67. The summed E-state index contributed by atoms with van der Waals surface area (Å²) in [6.45, 7) is 8.78. The number of anilines is 1. The Morgan fingerprint density at radius 2 is 2.37 bits per heavy atom. The standard InChI is InChI=1S/C15H25N3O/c1-4-16-12(2)13-6-8-17-14(10-13)18-9-5-7-15(3,19)11-18/h6,8,10,12,16,19H,4-5,7,9,11H2,1-3H3. The van der Waals surface area contributed by atoms with Crippen molar-refractivity contribution in [2.24, 2.45) is 0 Å². The second-order valence-electron chi connectivity index (χ2n) is 5.75. The number of hydrogen-bond donors (Lipinski definition) is 2. The molecule has 2 rings (SSSR count). The van der Waals surface area contributed by atoms with Crippen molar-refractivity contribution in [1.29, 1.82) is 0 Å². The first-order valence-corrected chi connectivity index (χ1v) is 7.18. The molecule has 4 nitrogen and oxygen atoms in total. The number of hydrogen-bond acceptors (Lipinski definition) is 4. The molecule has 2 heterocycles. The van der Waals surface area contributed by atoms with Gasteiger partial charge >= 0.3 is 0 Å². The number of β-amino-alcohol motifs (C(OH)–C–C–N with tert-alkyl or cyclic N) is 1. The predicted molar refractivity (Wildman–Crippen MR) is 78.4 cm³/mol. The number of nitrogens with one attached hydrogen (secondary N) is 1. The summed E-state index contributed by atoms with van der Waals surface area (Å²) in [5.41, 5.74) is 0.653. The van der Waals surface area contributed by atoms with Crippen molar-refractivity contribution < 1.29 is 5.11 Å². The van der Waals surface area contributed by atoms with Gasteiger partial charge in [-0.1, -0.05) is 6.92 Å². The quantitative estimate of drug-likeness (QED) is 0.873. The van der Waals surface area contributed by atoms with Gasteiger partial charge in [0, 0.05) is 25.3 Å². The molecule has 0 bridgehead atoms. The van der Waals surface area contributed by atoms with Crippen molar-refractivity contribution in [1.82, 2.24) is 10.3 Å². The van der Waals surface area contributed by atoms with E-state index in [0.717, 1.165) is 31.7 Å². The second kappa shape index (κ2) is 5.88. The Bertz CT molecular complexity index is 420. The molecular formula is C15H25N3O. The molecule has 1 aliphatic heterocycles. The highest BCUT2D eigenvalue weighted by Crippen LogP contribution is 2.25.